The molecule has 1 aromatic rings. The van der Waals surface area contributed by atoms with Crippen LogP contribution in [0.1, 0.15) is 61.0 Å². The predicted octanol–water partition coefficient (Wildman–Crippen LogP) is 3.15. The number of aliphatic hydroxyl groups excluding tert-OH is 1. The van der Waals surface area contributed by atoms with Gasteiger partial charge in [-0.15, -0.1) is 11.3 Å². The van der Waals surface area contributed by atoms with Gasteiger partial charge in [-0.1, -0.05) is 19.3 Å². The Kier molecular flexibility index (Phi) is 7.49. The summed E-state index contributed by atoms with van der Waals surface area (Å²) in [7, 11) is 0. The highest BCUT2D eigenvalue weighted by Crippen LogP contribution is 2.38. The first-order valence-corrected chi connectivity index (χ1v) is 9.96. The normalized spacial score (nSPS) is 17.8. The van der Waals surface area contributed by atoms with Crippen molar-refractivity contribution in [2.75, 3.05) is 19.7 Å². The fourth-order valence-corrected chi connectivity index (χ4v) is 4.40. The van der Waals surface area contributed by atoms with E-state index >= 15 is 0 Å². The standard InChI is InChI=1S/C18H32N4OS/c1-4-19-17(20-12-16-14(2)22-15(3)24-16)21-13-18(10-11-23)8-6-5-7-9-18/h23H,4-13H2,1-3H3,(H2,19,20,21). The largest absolute Gasteiger partial charge is 0.396 e. The quantitative estimate of drug-likeness (QED) is 0.521. The van der Waals surface area contributed by atoms with Crippen LogP contribution in [-0.4, -0.2) is 35.7 Å². The minimum absolute atomic E-state index is 0.222. The molecule has 0 atom stereocenters. The molecule has 6 heteroatoms. The van der Waals surface area contributed by atoms with Crippen molar-refractivity contribution in [1.82, 2.24) is 15.6 Å². The summed E-state index contributed by atoms with van der Waals surface area (Å²) in [6, 6.07) is 0. The number of rotatable bonds is 7. The number of guanidine groups is 1. The van der Waals surface area contributed by atoms with Crippen molar-refractivity contribution in [3.63, 3.8) is 0 Å². The van der Waals surface area contributed by atoms with Crippen LogP contribution in [0.4, 0.5) is 0 Å². The zero-order chi connectivity index (χ0) is 17.4. The van der Waals surface area contributed by atoms with E-state index in [1.165, 1.54) is 37.0 Å². The van der Waals surface area contributed by atoms with E-state index < -0.39 is 0 Å². The maximum atomic E-state index is 9.46. The minimum atomic E-state index is 0.222. The molecule has 0 aliphatic heterocycles. The third-order valence-electron chi connectivity index (χ3n) is 4.91. The summed E-state index contributed by atoms with van der Waals surface area (Å²) in [5, 5.41) is 17.4. The second-order valence-corrected chi connectivity index (χ2v) is 8.11. The molecule has 0 spiro atoms. The Hall–Kier alpha value is -1.14. The number of aliphatic imine (C=N–C) groups is 1. The fraction of sp³-hybridized carbons (Fsp3) is 0.778. The molecule has 1 aromatic heterocycles. The summed E-state index contributed by atoms with van der Waals surface area (Å²) in [6.07, 6.45) is 7.15. The number of nitrogens with zero attached hydrogens (tertiary/aromatic N) is 2. The lowest BCUT2D eigenvalue weighted by Gasteiger charge is -2.37. The topological polar surface area (TPSA) is 69.5 Å². The van der Waals surface area contributed by atoms with Crippen molar-refractivity contribution < 1.29 is 5.11 Å². The van der Waals surface area contributed by atoms with E-state index in [0.29, 0.717) is 6.54 Å². The summed E-state index contributed by atoms with van der Waals surface area (Å²) < 4.78 is 0. The van der Waals surface area contributed by atoms with Gasteiger partial charge in [-0.25, -0.2) is 9.98 Å². The molecule has 0 bridgehead atoms. The van der Waals surface area contributed by atoms with E-state index in [4.69, 9.17) is 4.99 Å². The van der Waals surface area contributed by atoms with E-state index in [1.807, 2.05) is 13.8 Å². The molecule has 5 nitrogen and oxygen atoms in total. The highest BCUT2D eigenvalue weighted by atomic mass is 32.1. The molecule has 0 radical (unpaired) electrons. The third-order valence-corrected chi connectivity index (χ3v) is 5.97. The molecule has 1 saturated carbocycles. The van der Waals surface area contributed by atoms with Crippen LogP contribution < -0.4 is 10.6 Å². The van der Waals surface area contributed by atoms with Gasteiger partial charge in [0.05, 0.1) is 17.2 Å². The zero-order valence-electron chi connectivity index (χ0n) is 15.3. The summed E-state index contributed by atoms with van der Waals surface area (Å²) >= 11 is 1.72. The number of thiazole rings is 1. The van der Waals surface area contributed by atoms with E-state index in [1.54, 1.807) is 11.3 Å². The number of hydrogen-bond donors (Lipinski definition) is 3. The molecular weight excluding hydrogens is 320 g/mol. The van der Waals surface area contributed by atoms with E-state index in [-0.39, 0.29) is 12.0 Å². The Bertz CT molecular complexity index is 530. The average molecular weight is 353 g/mol. The maximum Gasteiger partial charge on any atom is 0.191 e. The number of aliphatic hydroxyl groups is 1. The molecule has 0 saturated heterocycles. The molecule has 24 heavy (non-hydrogen) atoms. The van der Waals surface area contributed by atoms with Crippen LogP contribution >= 0.6 is 11.3 Å². The second-order valence-electron chi connectivity index (χ2n) is 6.82. The van der Waals surface area contributed by atoms with E-state index in [0.717, 1.165) is 36.2 Å². The Morgan fingerprint density at radius 2 is 2.00 bits per heavy atom. The zero-order valence-corrected chi connectivity index (χ0v) is 16.1. The van der Waals surface area contributed by atoms with Crippen LogP contribution in [-0.2, 0) is 6.54 Å². The van der Waals surface area contributed by atoms with E-state index in [2.05, 4.69) is 22.5 Å². The maximum absolute atomic E-state index is 9.46. The van der Waals surface area contributed by atoms with Gasteiger partial charge >= 0.3 is 0 Å². The molecule has 2 rings (SSSR count). The molecule has 0 aromatic carbocycles. The van der Waals surface area contributed by atoms with Crippen molar-refractivity contribution in [3.8, 4) is 0 Å². The van der Waals surface area contributed by atoms with Crippen molar-refractivity contribution >= 4 is 17.3 Å². The van der Waals surface area contributed by atoms with Gasteiger partial charge in [0.1, 0.15) is 0 Å². The number of aromatic nitrogens is 1. The Balaban J connectivity index is 1.98. The molecule has 0 unspecified atom stereocenters. The number of nitrogens with one attached hydrogen (secondary N) is 2. The van der Waals surface area contributed by atoms with Gasteiger partial charge in [0.25, 0.3) is 0 Å². The molecule has 0 amide bonds. The highest BCUT2D eigenvalue weighted by molar-refractivity contribution is 7.11. The van der Waals surface area contributed by atoms with E-state index in [9.17, 15) is 5.11 Å². The minimum Gasteiger partial charge on any atom is -0.396 e. The van der Waals surface area contributed by atoms with Crippen LogP contribution in [0.5, 0.6) is 0 Å². The first-order valence-electron chi connectivity index (χ1n) is 9.14. The first-order chi connectivity index (χ1) is 11.6. The Morgan fingerprint density at radius 1 is 1.25 bits per heavy atom. The number of aryl methyl sites for hydroxylation is 2. The average Bonchev–Trinajstić information content (AvgIpc) is 2.89. The number of hydrogen-bond acceptors (Lipinski definition) is 4. The lowest BCUT2D eigenvalue weighted by Crippen LogP contribution is -2.44. The van der Waals surface area contributed by atoms with Gasteiger partial charge in [-0.05, 0) is 45.4 Å². The predicted molar refractivity (Wildman–Crippen MR) is 102 cm³/mol. The Labute approximate surface area is 150 Å². The van der Waals surface area contributed by atoms with Gasteiger partial charge in [0.2, 0.25) is 0 Å². The lowest BCUT2D eigenvalue weighted by atomic mass is 9.72. The smallest absolute Gasteiger partial charge is 0.191 e. The van der Waals surface area contributed by atoms with Crippen molar-refractivity contribution in [3.05, 3.63) is 15.6 Å². The Morgan fingerprint density at radius 3 is 2.58 bits per heavy atom. The van der Waals surface area contributed by atoms with Crippen LogP contribution in [0, 0.1) is 19.3 Å². The van der Waals surface area contributed by atoms with Gasteiger partial charge in [0, 0.05) is 24.6 Å². The molecule has 136 valence electrons. The molecule has 1 aliphatic carbocycles. The first kappa shape index (κ1) is 19.2. The molecule has 1 fully saturated rings. The van der Waals surface area contributed by atoms with Crippen molar-refractivity contribution in [2.24, 2.45) is 10.4 Å². The second kappa shape index (κ2) is 9.37. The molecule has 3 N–H and O–H groups in total. The summed E-state index contributed by atoms with van der Waals surface area (Å²) in [4.78, 5) is 10.4. The summed E-state index contributed by atoms with van der Waals surface area (Å²) in [5.74, 6) is 0.867. The van der Waals surface area contributed by atoms with Crippen LogP contribution in [0.15, 0.2) is 4.99 Å². The van der Waals surface area contributed by atoms with Crippen molar-refractivity contribution in [2.45, 2.75) is 65.8 Å². The monoisotopic (exact) mass is 352 g/mol. The van der Waals surface area contributed by atoms with Gasteiger partial charge < -0.3 is 15.7 Å². The molecular formula is C18H32N4OS. The molecule has 1 heterocycles. The highest BCUT2D eigenvalue weighted by Gasteiger charge is 2.31. The van der Waals surface area contributed by atoms with Gasteiger partial charge in [-0.2, -0.15) is 0 Å². The fourth-order valence-electron chi connectivity index (χ4n) is 3.54. The van der Waals surface area contributed by atoms with Gasteiger partial charge in [0.15, 0.2) is 5.96 Å². The summed E-state index contributed by atoms with van der Waals surface area (Å²) in [6.45, 7) is 8.85. The van der Waals surface area contributed by atoms with Crippen molar-refractivity contribution in [1.29, 1.82) is 0 Å². The lowest BCUT2D eigenvalue weighted by molar-refractivity contribution is 0.131. The van der Waals surface area contributed by atoms with Crippen LogP contribution in [0.2, 0.25) is 0 Å². The van der Waals surface area contributed by atoms with Crippen LogP contribution in [0.3, 0.4) is 0 Å². The molecule has 1 aliphatic rings. The SMILES string of the molecule is CCNC(=NCc1sc(C)nc1C)NCC1(CCO)CCCCC1. The summed E-state index contributed by atoms with van der Waals surface area (Å²) in [5.41, 5.74) is 1.31. The van der Waals surface area contributed by atoms with Gasteiger partial charge in [-0.3, -0.25) is 0 Å². The third kappa shape index (κ3) is 5.45. The van der Waals surface area contributed by atoms with Crippen LogP contribution in [0.25, 0.3) is 0 Å².